The zero-order valence-electron chi connectivity index (χ0n) is 14.7. The topological polar surface area (TPSA) is 41.6 Å². The highest BCUT2D eigenvalue weighted by atomic mass is 35.5. The molecule has 0 radical (unpaired) electrons. The number of carbonyl (C=O) groups excluding carboxylic acids is 1. The average Bonchev–Trinajstić information content (AvgIpc) is 2.62. The normalized spacial score (nSPS) is 18.9. The molecule has 1 aliphatic carbocycles. The maximum atomic E-state index is 13.0. The molecule has 4 nitrogen and oxygen atoms in total. The SMILES string of the molecule is O=C(Nc1ccc(N2CCOCC2)cc1)C1(c2cccc(Cl)c2)CCC1. The number of halogens is 1. The number of ether oxygens (including phenoxy) is 1. The molecule has 4 rings (SSSR count). The molecule has 1 heterocycles. The quantitative estimate of drug-likeness (QED) is 0.875. The Balaban J connectivity index is 1.48. The number of nitrogens with zero attached hydrogens (tertiary/aromatic N) is 1. The van der Waals surface area contributed by atoms with Crippen molar-refractivity contribution < 1.29 is 9.53 Å². The summed E-state index contributed by atoms with van der Waals surface area (Å²) in [6, 6.07) is 15.8. The first-order chi connectivity index (χ1) is 12.7. The van der Waals surface area contributed by atoms with Gasteiger partial charge in [0.05, 0.1) is 18.6 Å². The van der Waals surface area contributed by atoms with Gasteiger partial charge in [-0.1, -0.05) is 30.2 Å². The summed E-state index contributed by atoms with van der Waals surface area (Å²) in [5, 5.41) is 3.78. The van der Waals surface area contributed by atoms with Crippen molar-refractivity contribution in [3.63, 3.8) is 0 Å². The zero-order chi connectivity index (χ0) is 18.0. The summed E-state index contributed by atoms with van der Waals surface area (Å²) in [5.41, 5.74) is 2.56. The van der Waals surface area contributed by atoms with Gasteiger partial charge in [-0.3, -0.25) is 4.79 Å². The molecule has 0 unspecified atom stereocenters. The van der Waals surface area contributed by atoms with E-state index in [9.17, 15) is 4.79 Å². The van der Waals surface area contributed by atoms with E-state index in [0.29, 0.717) is 5.02 Å². The second kappa shape index (κ2) is 7.29. The molecule has 136 valence electrons. The van der Waals surface area contributed by atoms with Crippen molar-refractivity contribution in [3.05, 3.63) is 59.1 Å². The van der Waals surface area contributed by atoms with Crippen molar-refractivity contribution >= 4 is 28.9 Å². The molecule has 1 amide bonds. The summed E-state index contributed by atoms with van der Waals surface area (Å²) < 4.78 is 5.40. The molecule has 5 heteroatoms. The number of amides is 1. The highest BCUT2D eigenvalue weighted by Crippen LogP contribution is 2.45. The van der Waals surface area contributed by atoms with Crippen LogP contribution in [0.25, 0.3) is 0 Å². The maximum Gasteiger partial charge on any atom is 0.235 e. The minimum atomic E-state index is -0.451. The van der Waals surface area contributed by atoms with Crippen LogP contribution in [0.1, 0.15) is 24.8 Å². The van der Waals surface area contributed by atoms with E-state index in [1.807, 2.05) is 36.4 Å². The predicted molar refractivity (Wildman–Crippen MR) is 105 cm³/mol. The van der Waals surface area contributed by atoms with Crippen LogP contribution < -0.4 is 10.2 Å². The summed E-state index contributed by atoms with van der Waals surface area (Å²) in [5.74, 6) is 0.0603. The molecule has 1 aliphatic heterocycles. The minimum absolute atomic E-state index is 0.0603. The lowest BCUT2D eigenvalue weighted by Crippen LogP contribution is -2.46. The first-order valence-corrected chi connectivity index (χ1v) is 9.55. The third kappa shape index (κ3) is 3.31. The van der Waals surface area contributed by atoms with Gasteiger partial charge < -0.3 is 15.0 Å². The standard InChI is InChI=1S/C21H23ClN2O2/c22-17-4-1-3-16(15-17)21(9-2-10-21)20(25)23-18-5-7-19(8-6-18)24-11-13-26-14-12-24/h1,3-8,15H,2,9-14H2,(H,23,25). The number of hydrogen-bond acceptors (Lipinski definition) is 3. The number of anilines is 2. The number of morpholine rings is 1. The molecule has 2 fully saturated rings. The van der Waals surface area contributed by atoms with E-state index >= 15 is 0 Å². The van der Waals surface area contributed by atoms with Crippen molar-refractivity contribution in [2.45, 2.75) is 24.7 Å². The summed E-state index contributed by atoms with van der Waals surface area (Å²) in [6.07, 6.45) is 2.80. The molecular formula is C21H23ClN2O2. The predicted octanol–water partition coefficient (Wildman–Crippen LogP) is 4.24. The molecule has 2 aromatic rings. The lowest BCUT2D eigenvalue weighted by molar-refractivity contribution is -0.124. The van der Waals surface area contributed by atoms with E-state index in [0.717, 1.165) is 56.8 Å². The van der Waals surface area contributed by atoms with Gasteiger partial charge in [0, 0.05) is 29.5 Å². The fraction of sp³-hybridized carbons (Fsp3) is 0.381. The third-order valence-electron chi connectivity index (χ3n) is 5.52. The average molecular weight is 371 g/mol. The van der Waals surface area contributed by atoms with Crippen LogP contribution in [0.2, 0.25) is 5.02 Å². The van der Waals surface area contributed by atoms with E-state index in [-0.39, 0.29) is 5.91 Å². The molecule has 1 N–H and O–H groups in total. The van der Waals surface area contributed by atoms with Gasteiger partial charge in [-0.15, -0.1) is 0 Å². The van der Waals surface area contributed by atoms with Gasteiger partial charge in [-0.05, 0) is 54.8 Å². The summed E-state index contributed by atoms with van der Waals surface area (Å²) in [6.45, 7) is 3.34. The smallest absolute Gasteiger partial charge is 0.235 e. The zero-order valence-corrected chi connectivity index (χ0v) is 15.5. The lowest BCUT2D eigenvalue weighted by Gasteiger charge is -2.40. The Labute approximate surface area is 159 Å². The fourth-order valence-electron chi connectivity index (χ4n) is 3.79. The maximum absolute atomic E-state index is 13.0. The van der Waals surface area contributed by atoms with Crippen LogP contribution in [0.5, 0.6) is 0 Å². The van der Waals surface area contributed by atoms with Gasteiger partial charge in [-0.2, -0.15) is 0 Å². The molecule has 1 saturated heterocycles. The van der Waals surface area contributed by atoms with Crippen molar-refractivity contribution in [1.82, 2.24) is 0 Å². The Morgan fingerprint density at radius 1 is 1.08 bits per heavy atom. The van der Waals surface area contributed by atoms with Gasteiger partial charge in [0.2, 0.25) is 5.91 Å². The van der Waals surface area contributed by atoms with Crippen LogP contribution >= 0.6 is 11.6 Å². The van der Waals surface area contributed by atoms with Crippen molar-refractivity contribution in [1.29, 1.82) is 0 Å². The summed E-state index contributed by atoms with van der Waals surface area (Å²) in [7, 11) is 0. The van der Waals surface area contributed by atoms with Gasteiger partial charge in [0.25, 0.3) is 0 Å². The Kier molecular flexibility index (Phi) is 4.88. The largest absolute Gasteiger partial charge is 0.378 e. The molecule has 0 spiro atoms. The van der Waals surface area contributed by atoms with E-state index in [2.05, 4.69) is 22.3 Å². The van der Waals surface area contributed by atoms with Crippen molar-refractivity contribution in [2.75, 3.05) is 36.5 Å². The van der Waals surface area contributed by atoms with Crippen LogP contribution in [0.4, 0.5) is 11.4 Å². The Morgan fingerprint density at radius 3 is 2.42 bits per heavy atom. The molecule has 2 aliphatic rings. The molecule has 26 heavy (non-hydrogen) atoms. The highest BCUT2D eigenvalue weighted by Gasteiger charge is 2.45. The molecule has 0 bridgehead atoms. The number of nitrogens with one attached hydrogen (secondary N) is 1. The van der Waals surface area contributed by atoms with E-state index in [1.54, 1.807) is 0 Å². The number of carbonyl (C=O) groups is 1. The molecular weight excluding hydrogens is 348 g/mol. The van der Waals surface area contributed by atoms with Crippen LogP contribution in [0.3, 0.4) is 0 Å². The van der Waals surface area contributed by atoms with Gasteiger partial charge in [0.1, 0.15) is 0 Å². The van der Waals surface area contributed by atoms with Crippen molar-refractivity contribution in [3.8, 4) is 0 Å². The Morgan fingerprint density at radius 2 is 1.81 bits per heavy atom. The van der Waals surface area contributed by atoms with E-state index in [4.69, 9.17) is 16.3 Å². The van der Waals surface area contributed by atoms with Crippen LogP contribution in [0, 0.1) is 0 Å². The first kappa shape index (κ1) is 17.4. The van der Waals surface area contributed by atoms with Crippen LogP contribution in [0.15, 0.2) is 48.5 Å². The molecule has 0 aromatic heterocycles. The van der Waals surface area contributed by atoms with E-state index < -0.39 is 5.41 Å². The first-order valence-electron chi connectivity index (χ1n) is 9.18. The van der Waals surface area contributed by atoms with Gasteiger partial charge in [-0.25, -0.2) is 0 Å². The van der Waals surface area contributed by atoms with Gasteiger partial charge >= 0.3 is 0 Å². The summed E-state index contributed by atoms with van der Waals surface area (Å²) in [4.78, 5) is 15.3. The molecule has 2 aromatic carbocycles. The lowest BCUT2D eigenvalue weighted by atomic mass is 9.64. The van der Waals surface area contributed by atoms with Crippen molar-refractivity contribution in [2.24, 2.45) is 0 Å². The molecule has 0 atom stereocenters. The third-order valence-corrected chi connectivity index (χ3v) is 5.76. The van der Waals surface area contributed by atoms with E-state index in [1.165, 1.54) is 5.69 Å². The number of rotatable bonds is 4. The van der Waals surface area contributed by atoms with Gasteiger partial charge in [0.15, 0.2) is 0 Å². The Hall–Kier alpha value is -2.04. The second-order valence-electron chi connectivity index (χ2n) is 7.05. The number of benzene rings is 2. The fourth-order valence-corrected chi connectivity index (χ4v) is 3.98. The summed E-state index contributed by atoms with van der Waals surface area (Å²) >= 11 is 6.14. The van der Waals surface area contributed by atoms with Crippen LogP contribution in [-0.4, -0.2) is 32.2 Å². The Bertz CT molecular complexity index is 781. The number of hydrogen-bond donors (Lipinski definition) is 1. The van der Waals surface area contributed by atoms with Crippen LogP contribution in [-0.2, 0) is 14.9 Å². The second-order valence-corrected chi connectivity index (χ2v) is 7.48. The molecule has 1 saturated carbocycles. The highest BCUT2D eigenvalue weighted by molar-refractivity contribution is 6.30. The monoisotopic (exact) mass is 370 g/mol. The minimum Gasteiger partial charge on any atom is -0.378 e.